The highest BCUT2D eigenvalue weighted by Gasteiger charge is 2.24. The molecule has 1 saturated carbocycles. The summed E-state index contributed by atoms with van der Waals surface area (Å²) in [5.41, 5.74) is 2.50. The molecule has 102 valence electrons. The molecule has 0 atom stereocenters. The maximum atomic E-state index is 5.62. The van der Waals surface area contributed by atoms with Gasteiger partial charge in [0, 0.05) is 26.2 Å². The number of hydrogen-bond donors (Lipinski definition) is 1. The average Bonchev–Trinajstić information content (AvgIpc) is 2.92. The third kappa shape index (κ3) is 2.54. The topological polar surface area (TPSA) is 18.5 Å². The Kier molecular flexibility index (Phi) is 3.60. The molecule has 3 rings (SSSR count). The number of hydrogen-bond acceptors (Lipinski definition) is 2. The highest BCUT2D eigenvalue weighted by molar-refractivity contribution is 7.80. The Morgan fingerprint density at radius 1 is 1.16 bits per heavy atom. The Labute approximate surface area is 120 Å². The van der Waals surface area contributed by atoms with E-state index in [0.29, 0.717) is 6.04 Å². The summed E-state index contributed by atoms with van der Waals surface area (Å²) in [6.45, 7) is 1.98. The summed E-state index contributed by atoms with van der Waals surface area (Å²) in [6.07, 6.45) is 5.18. The second kappa shape index (κ2) is 5.37. The van der Waals surface area contributed by atoms with Crippen molar-refractivity contribution in [1.29, 1.82) is 0 Å². The van der Waals surface area contributed by atoms with Crippen LogP contribution in [0.15, 0.2) is 24.3 Å². The first-order valence-corrected chi connectivity index (χ1v) is 7.55. The number of thiocarbonyl (C=S) groups is 1. The molecule has 1 aliphatic heterocycles. The number of nitrogens with zero attached hydrogens (tertiary/aromatic N) is 2. The molecule has 0 amide bonds. The van der Waals surface area contributed by atoms with E-state index in [2.05, 4.69) is 46.4 Å². The summed E-state index contributed by atoms with van der Waals surface area (Å²) in [5.74, 6) is 0. The molecular formula is C15H21N3S. The summed E-state index contributed by atoms with van der Waals surface area (Å²) in [6, 6.07) is 9.09. The first-order chi connectivity index (χ1) is 9.25. The van der Waals surface area contributed by atoms with Crippen LogP contribution in [0.2, 0.25) is 0 Å². The molecule has 0 unspecified atom stereocenters. The number of rotatable bonds is 1. The molecule has 0 spiro atoms. The van der Waals surface area contributed by atoms with Crippen molar-refractivity contribution >= 4 is 28.7 Å². The van der Waals surface area contributed by atoms with Gasteiger partial charge in [0.25, 0.3) is 0 Å². The van der Waals surface area contributed by atoms with Gasteiger partial charge in [-0.15, -0.1) is 0 Å². The lowest BCUT2D eigenvalue weighted by molar-refractivity contribution is 0.626. The maximum Gasteiger partial charge on any atom is 0.173 e. The van der Waals surface area contributed by atoms with E-state index in [0.717, 1.165) is 18.2 Å². The van der Waals surface area contributed by atoms with Crippen molar-refractivity contribution < 1.29 is 0 Å². The Morgan fingerprint density at radius 3 is 2.58 bits per heavy atom. The van der Waals surface area contributed by atoms with Crippen molar-refractivity contribution in [3.05, 3.63) is 24.3 Å². The smallest absolute Gasteiger partial charge is 0.173 e. The molecule has 1 heterocycles. The molecule has 1 aromatic rings. The quantitative estimate of drug-likeness (QED) is 0.794. The molecular weight excluding hydrogens is 254 g/mol. The molecule has 0 saturated heterocycles. The maximum absolute atomic E-state index is 5.62. The van der Waals surface area contributed by atoms with Crippen molar-refractivity contribution in [3.8, 4) is 0 Å². The second-order valence-electron chi connectivity index (χ2n) is 5.49. The Balaban J connectivity index is 1.77. The van der Waals surface area contributed by atoms with Gasteiger partial charge in [-0.3, -0.25) is 0 Å². The average molecular weight is 275 g/mol. The van der Waals surface area contributed by atoms with Crippen LogP contribution in [0.3, 0.4) is 0 Å². The Morgan fingerprint density at radius 2 is 1.84 bits per heavy atom. The number of likely N-dealkylation sites (N-methyl/N-ethyl adjacent to an activating group) is 1. The minimum absolute atomic E-state index is 0.583. The Hall–Kier alpha value is -1.29. The summed E-state index contributed by atoms with van der Waals surface area (Å²) in [4.78, 5) is 4.55. The van der Waals surface area contributed by atoms with E-state index in [1.807, 2.05) is 0 Å². The molecule has 1 fully saturated rings. The van der Waals surface area contributed by atoms with Gasteiger partial charge < -0.3 is 15.1 Å². The summed E-state index contributed by atoms with van der Waals surface area (Å²) in [7, 11) is 2.14. The van der Waals surface area contributed by atoms with Gasteiger partial charge in [-0.1, -0.05) is 25.0 Å². The van der Waals surface area contributed by atoms with Crippen molar-refractivity contribution in [2.45, 2.75) is 31.7 Å². The van der Waals surface area contributed by atoms with Crippen LogP contribution in [-0.2, 0) is 0 Å². The number of anilines is 2. The molecule has 0 aromatic heterocycles. The number of nitrogens with one attached hydrogen (secondary N) is 1. The van der Waals surface area contributed by atoms with Gasteiger partial charge in [-0.05, 0) is 37.2 Å². The minimum Gasteiger partial charge on any atom is -0.371 e. The number of benzene rings is 1. The largest absolute Gasteiger partial charge is 0.371 e. The predicted octanol–water partition coefficient (Wildman–Crippen LogP) is 2.76. The lowest BCUT2D eigenvalue weighted by Gasteiger charge is -2.37. The normalized spacial score (nSPS) is 19.4. The standard InChI is InChI=1S/C15H21N3S/c1-17-10-11-18(14-9-5-4-8-13(14)17)15(19)16-12-6-2-3-7-12/h4-5,8-9,12H,2-3,6-7,10-11H2,1H3,(H,16,19). The van der Waals surface area contributed by atoms with E-state index in [4.69, 9.17) is 12.2 Å². The highest BCUT2D eigenvalue weighted by atomic mass is 32.1. The van der Waals surface area contributed by atoms with Crippen LogP contribution in [-0.4, -0.2) is 31.3 Å². The molecule has 1 aromatic carbocycles. The summed E-state index contributed by atoms with van der Waals surface area (Å²) in [5, 5.41) is 4.44. The summed E-state index contributed by atoms with van der Waals surface area (Å²) >= 11 is 5.62. The third-order valence-corrected chi connectivity index (χ3v) is 4.51. The summed E-state index contributed by atoms with van der Waals surface area (Å²) < 4.78 is 0. The molecule has 1 aliphatic carbocycles. The van der Waals surface area contributed by atoms with E-state index in [1.54, 1.807) is 0 Å². The van der Waals surface area contributed by atoms with E-state index in [9.17, 15) is 0 Å². The fourth-order valence-corrected chi connectivity index (χ4v) is 3.40. The van der Waals surface area contributed by atoms with E-state index in [1.165, 1.54) is 37.1 Å². The van der Waals surface area contributed by atoms with Crippen LogP contribution >= 0.6 is 12.2 Å². The fraction of sp³-hybridized carbons (Fsp3) is 0.533. The van der Waals surface area contributed by atoms with Crippen molar-refractivity contribution in [3.63, 3.8) is 0 Å². The second-order valence-corrected chi connectivity index (χ2v) is 5.88. The number of fused-ring (bicyclic) bond motifs is 1. The molecule has 3 nitrogen and oxygen atoms in total. The van der Waals surface area contributed by atoms with Crippen LogP contribution in [0.25, 0.3) is 0 Å². The molecule has 2 aliphatic rings. The van der Waals surface area contributed by atoms with Crippen molar-refractivity contribution in [2.75, 3.05) is 29.9 Å². The zero-order valence-electron chi connectivity index (χ0n) is 11.4. The molecule has 0 radical (unpaired) electrons. The van der Waals surface area contributed by atoms with Gasteiger partial charge in [-0.2, -0.15) is 0 Å². The highest BCUT2D eigenvalue weighted by Crippen LogP contribution is 2.32. The third-order valence-electron chi connectivity index (χ3n) is 4.17. The van der Waals surface area contributed by atoms with Crippen LogP contribution in [0, 0.1) is 0 Å². The van der Waals surface area contributed by atoms with E-state index >= 15 is 0 Å². The van der Waals surface area contributed by atoms with Gasteiger partial charge in [0.05, 0.1) is 11.4 Å². The van der Waals surface area contributed by atoms with Gasteiger partial charge >= 0.3 is 0 Å². The van der Waals surface area contributed by atoms with Gasteiger partial charge in [0.1, 0.15) is 0 Å². The fourth-order valence-electron chi connectivity index (χ4n) is 3.04. The molecule has 4 heteroatoms. The van der Waals surface area contributed by atoms with Gasteiger partial charge in [-0.25, -0.2) is 0 Å². The lowest BCUT2D eigenvalue weighted by atomic mass is 10.2. The Bertz CT molecular complexity index is 468. The van der Waals surface area contributed by atoms with Crippen LogP contribution in [0.5, 0.6) is 0 Å². The van der Waals surface area contributed by atoms with E-state index in [-0.39, 0.29) is 0 Å². The van der Waals surface area contributed by atoms with Gasteiger partial charge in [0.2, 0.25) is 0 Å². The zero-order valence-corrected chi connectivity index (χ0v) is 12.2. The molecule has 1 N–H and O–H groups in total. The predicted molar refractivity (Wildman–Crippen MR) is 85.0 cm³/mol. The molecule has 19 heavy (non-hydrogen) atoms. The first kappa shape index (κ1) is 12.7. The van der Waals surface area contributed by atoms with Crippen LogP contribution < -0.4 is 15.1 Å². The van der Waals surface area contributed by atoms with E-state index < -0.39 is 0 Å². The van der Waals surface area contributed by atoms with Crippen LogP contribution in [0.1, 0.15) is 25.7 Å². The zero-order chi connectivity index (χ0) is 13.2. The van der Waals surface area contributed by atoms with Crippen molar-refractivity contribution in [1.82, 2.24) is 5.32 Å². The SMILES string of the molecule is CN1CCN(C(=S)NC2CCCC2)c2ccccc21. The number of para-hydroxylation sites is 2. The minimum atomic E-state index is 0.583. The lowest BCUT2D eigenvalue weighted by Crippen LogP contribution is -2.49. The first-order valence-electron chi connectivity index (χ1n) is 7.14. The molecule has 0 bridgehead atoms. The van der Waals surface area contributed by atoms with Crippen molar-refractivity contribution in [2.24, 2.45) is 0 Å². The van der Waals surface area contributed by atoms with Crippen LogP contribution in [0.4, 0.5) is 11.4 Å². The monoisotopic (exact) mass is 275 g/mol. The van der Waals surface area contributed by atoms with Gasteiger partial charge in [0.15, 0.2) is 5.11 Å².